The molecule has 0 saturated carbocycles. The fraction of sp³-hybridized carbons (Fsp3) is 0. The molecule has 0 aliphatic heterocycles. The smallest absolute Gasteiger partial charge is 0.0616 e. The molecule has 0 nitrogen and oxygen atoms in total. The number of fused-ring (bicyclic) bond motifs is 2. The van der Waals surface area contributed by atoms with Gasteiger partial charge in [0.1, 0.15) is 0 Å². The Labute approximate surface area is 321 Å². The molecule has 0 heterocycles. The highest BCUT2D eigenvalue weighted by Crippen LogP contribution is 2.43. The lowest BCUT2D eigenvalue weighted by Gasteiger charge is -2.17. The van der Waals surface area contributed by atoms with Crippen molar-refractivity contribution >= 4 is 53.9 Å². The van der Waals surface area contributed by atoms with Crippen LogP contribution in [-0.4, -0.2) is 0 Å². The van der Waals surface area contributed by atoms with Gasteiger partial charge in [0, 0.05) is 0 Å². The summed E-state index contributed by atoms with van der Waals surface area (Å²) in [5, 5.41) is -5.65. The number of benzene rings is 10. The van der Waals surface area contributed by atoms with Gasteiger partial charge in [0.15, 0.2) is 0 Å². The minimum atomic E-state index is -1.05. The van der Waals surface area contributed by atoms with E-state index in [0.717, 1.165) is 0 Å². The molecular weight excluding hydrogens is 577 g/mol. The van der Waals surface area contributed by atoms with Gasteiger partial charge < -0.3 is 0 Å². The van der Waals surface area contributed by atoms with Crippen molar-refractivity contribution in [3.8, 4) is 44.5 Å². The van der Waals surface area contributed by atoms with E-state index in [1.54, 1.807) is 0 Å². The van der Waals surface area contributed by atoms with Gasteiger partial charge in [-0.15, -0.1) is 0 Å². The second-order valence-electron chi connectivity index (χ2n) is 10.5. The molecule has 0 bridgehead atoms. The highest BCUT2D eigenvalue weighted by molar-refractivity contribution is 6.27. The summed E-state index contributed by atoms with van der Waals surface area (Å²) in [5.74, 6) is 0. The van der Waals surface area contributed by atoms with E-state index in [1.165, 1.54) is 0 Å². The van der Waals surface area contributed by atoms with E-state index >= 15 is 0 Å². The van der Waals surface area contributed by atoms with Crippen LogP contribution < -0.4 is 0 Å². The lowest BCUT2D eigenvalue weighted by molar-refractivity contribution is 1.62. The van der Waals surface area contributed by atoms with Crippen LogP contribution in [0.2, 0.25) is 0 Å². The van der Waals surface area contributed by atoms with Crippen molar-refractivity contribution in [2.75, 3.05) is 0 Å². The Morgan fingerprint density at radius 1 is 0.229 bits per heavy atom. The molecule has 0 heteroatoms. The maximum absolute atomic E-state index is 9.63. The van der Waals surface area contributed by atoms with Crippen molar-refractivity contribution in [2.24, 2.45) is 0 Å². The van der Waals surface area contributed by atoms with Crippen LogP contribution in [0, 0.1) is 0 Å². The fourth-order valence-corrected chi connectivity index (χ4v) is 5.69. The molecule has 10 rings (SSSR count). The van der Waals surface area contributed by atoms with Crippen molar-refractivity contribution in [2.45, 2.75) is 0 Å². The summed E-state index contributed by atoms with van der Waals surface area (Å²) in [6, 6.07) is -27.5. The molecule has 0 radical (unpaired) electrons. The van der Waals surface area contributed by atoms with Crippen LogP contribution in [0.15, 0.2) is 181 Å². The highest BCUT2D eigenvalue weighted by Gasteiger charge is 2.15. The average Bonchev–Trinajstić information content (AvgIpc) is 3.56. The minimum Gasteiger partial charge on any atom is -0.0616 e. The molecular formula is C48H30. The zero-order valence-electron chi connectivity index (χ0n) is 54.0. The van der Waals surface area contributed by atoms with Crippen LogP contribution in [0.25, 0.3) is 98.4 Å². The van der Waals surface area contributed by atoms with E-state index in [9.17, 15) is 19.2 Å². The van der Waals surface area contributed by atoms with Gasteiger partial charge in [0.05, 0.1) is 41.1 Å². The molecule has 0 saturated heterocycles. The van der Waals surface area contributed by atoms with Gasteiger partial charge in [0.2, 0.25) is 0 Å². The first kappa shape index (κ1) is 10.6. The quantitative estimate of drug-likeness (QED) is 0.169. The standard InChI is InChI=1S/C48H30/c1-3-11-39-31(7-1)9-5-13-41(39)33-15-19-35(20-16-33)43-27-25-37-23-24-38-26-28-44(46-30-29-45(43)47(37)48(38)46)36-21-17-34(18-22-36)42-14-6-10-32-8-2-4-12-40(32)42/h1-30H/i1D,2D,3D,4D,5D,6D,7D,8D,9D,10D,11D,12D,13D,14D,15D,16D,17D,18D,19D,20D,21D,22D,23D,24D,25D,26D,27D,28D,29D,30D. The van der Waals surface area contributed by atoms with E-state index < -0.39 is 280 Å². The largest absolute Gasteiger partial charge is 0.0630 e. The van der Waals surface area contributed by atoms with E-state index in [0.29, 0.717) is 0 Å². The van der Waals surface area contributed by atoms with E-state index in [-0.39, 0.29) is 0 Å². The monoisotopic (exact) mass is 636 g/mol. The van der Waals surface area contributed by atoms with Gasteiger partial charge in [-0.3, -0.25) is 0 Å². The van der Waals surface area contributed by atoms with Gasteiger partial charge in [-0.1, -0.05) is 181 Å². The van der Waals surface area contributed by atoms with E-state index in [4.69, 9.17) is 21.9 Å². The summed E-state index contributed by atoms with van der Waals surface area (Å²) in [5.41, 5.74) is -6.04. The molecule has 0 spiro atoms. The SMILES string of the molecule is [2H]c1c([2H])c(-c2c([2H])c([2H])c3c([2H])c([2H])c4c([2H])c([2H])c(-c5c([2H])c([2H])c(-c6c([2H])c([2H])c([2H])c7c([2H])c([2H])c([2H])c([2H])c67)c([2H])c5[2H])c5c([2H])c([2H])c2c3c45)c([2H])c([2H])c1-c1c([2H])c([2H])c([2H])c2c([2H])c([2H])c([2H])c([2H])c12. The molecule has 0 atom stereocenters. The van der Waals surface area contributed by atoms with Crippen molar-refractivity contribution in [1.82, 2.24) is 0 Å². The van der Waals surface area contributed by atoms with Crippen molar-refractivity contribution in [3.63, 3.8) is 0 Å². The van der Waals surface area contributed by atoms with Crippen LogP contribution in [0.4, 0.5) is 0 Å². The third-order valence-corrected chi connectivity index (χ3v) is 7.88. The molecule has 0 fully saturated rings. The van der Waals surface area contributed by atoms with Gasteiger partial charge in [-0.2, -0.15) is 0 Å². The Hall–Kier alpha value is -6.24. The van der Waals surface area contributed by atoms with Gasteiger partial charge in [0.25, 0.3) is 0 Å². The Morgan fingerprint density at radius 3 is 0.979 bits per heavy atom. The van der Waals surface area contributed by atoms with Crippen molar-refractivity contribution < 1.29 is 41.1 Å². The van der Waals surface area contributed by atoms with Crippen molar-refractivity contribution in [3.05, 3.63) is 181 Å². The second-order valence-corrected chi connectivity index (χ2v) is 10.5. The molecule has 0 aromatic heterocycles. The maximum Gasteiger partial charge on any atom is 0.0630 e. The van der Waals surface area contributed by atoms with Crippen LogP contribution >= 0.6 is 0 Å². The van der Waals surface area contributed by atoms with Crippen LogP contribution in [0.1, 0.15) is 41.1 Å². The molecule has 0 N–H and O–H groups in total. The lowest BCUT2D eigenvalue weighted by atomic mass is 9.86. The minimum absolute atomic E-state index is 0.473. The number of hydrogen-bond donors (Lipinski definition) is 0. The molecule has 48 heavy (non-hydrogen) atoms. The average molecular weight is 637 g/mol. The van der Waals surface area contributed by atoms with Gasteiger partial charge >= 0.3 is 0 Å². The first-order chi connectivity index (χ1) is 36.3. The molecule has 0 unspecified atom stereocenters. The van der Waals surface area contributed by atoms with E-state index in [2.05, 4.69) is 0 Å². The van der Waals surface area contributed by atoms with Crippen LogP contribution in [0.5, 0.6) is 0 Å². The lowest BCUT2D eigenvalue weighted by Crippen LogP contribution is -1.90. The second kappa shape index (κ2) is 10.7. The molecule has 10 aromatic rings. The first-order valence-corrected chi connectivity index (χ1v) is 14.2. The summed E-state index contributed by atoms with van der Waals surface area (Å²) in [6.45, 7) is 0. The summed E-state index contributed by atoms with van der Waals surface area (Å²) < 4.78 is 269. The van der Waals surface area contributed by atoms with Crippen LogP contribution in [0.3, 0.4) is 0 Å². The summed E-state index contributed by atoms with van der Waals surface area (Å²) >= 11 is 0. The third kappa shape index (κ3) is 4.16. The first-order valence-electron chi connectivity index (χ1n) is 29.2. The predicted octanol–water partition coefficient (Wildman–Crippen LogP) is 13.6. The molecule has 10 aromatic carbocycles. The zero-order chi connectivity index (χ0) is 57.7. The summed E-state index contributed by atoms with van der Waals surface area (Å²) in [6.07, 6.45) is 0. The maximum atomic E-state index is 9.63. The molecule has 0 aliphatic carbocycles. The van der Waals surface area contributed by atoms with Crippen LogP contribution in [-0.2, 0) is 0 Å². The Balaban J connectivity index is 1.35. The summed E-state index contributed by atoms with van der Waals surface area (Å²) in [7, 11) is 0. The topological polar surface area (TPSA) is 0 Å². The highest BCUT2D eigenvalue weighted by atomic mass is 14.2. The Kier molecular flexibility index (Phi) is 2.36. The summed E-state index contributed by atoms with van der Waals surface area (Å²) in [4.78, 5) is 0. The normalized spacial score (nSPS) is 20.5. The van der Waals surface area contributed by atoms with Gasteiger partial charge in [-0.05, 0) is 98.4 Å². The Morgan fingerprint density at radius 2 is 0.562 bits per heavy atom. The number of hydrogen-bond acceptors (Lipinski definition) is 0. The zero-order valence-corrected chi connectivity index (χ0v) is 24.0. The Bertz CT molecular complexity index is 4180. The van der Waals surface area contributed by atoms with Crippen molar-refractivity contribution in [1.29, 1.82) is 0 Å². The predicted molar refractivity (Wildman–Crippen MR) is 207 cm³/mol. The molecule has 0 aliphatic rings. The fourth-order valence-electron chi connectivity index (χ4n) is 5.69. The molecule has 0 amide bonds. The van der Waals surface area contributed by atoms with E-state index in [1.807, 2.05) is 0 Å². The van der Waals surface area contributed by atoms with Gasteiger partial charge in [-0.25, -0.2) is 0 Å². The molecule has 222 valence electrons. The third-order valence-electron chi connectivity index (χ3n) is 7.88. The number of rotatable bonds is 4.